The molecule has 0 spiro atoms. The Kier molecular flexibility index (Phi) is 2.10. The summed E-state index contributed by atoms with van der Waals surface area (Å²) in [6.07, 6.45) is 3.91. The highest BCUT2D eigenvalue weighted by Crippen LogP contribution is 2.36. The molecular formula is C21H13N3. The van der Waals surface area contributed by atoms with E-state index in [0.29, 0.717) is 0 Å². The van der Waals surface area contributed by atoms with Crippen LogP contribution in [-0.4, -0.2) is 14.4 Å². The maximum absolute atomic E-state index is 4.61. The molecule has 0 fully saturated rings. The third-order valence-corrected chi connectivity index (χ3v) is 5.00. The van der Waals surface area contributed by atoms with E-state index in [1.807, 2.05) is 12.4 Å². The van der Waals surface area contributed by atoms with Crippen LogP contribution in [0.4, 0.5) is 0 Å². The number of pyridine rings is 1. The number of benzene rings is 3. The van der Waals surface area contributed by atoms with Crippen molar-refractivity contribution < 1.29 is 0 Å². The van der Waals surface area contributed by atoms with Crippen molar-refractivity contribution in [2.24, 2.45) is 0 Å². The first-order chi connectivity index (χ1) is 11.9. The summed E-state index contributed by atoms with van der Waals surface area (Å²) in [6, 6.07) is 21.4. The molecule has 0 unspecified atom stereocenters. The second kappa shape index (κ2) is 4.15. The van der Waals surface area contributed by atoms with Gasteiger partial charge in [-0.2, -0.15) is 0 Å². The van der Waals surface area contributed by atoms with Crippen molar-refractivity contribution >= 4 is 49.1 Å². The molecule has 0 atom stereocenters. The largest absolute Gasteiger partial charge is 0.354 e. The first kappa shape index (κ1) is 12.1. The topological polar surface area (TPSA) is 33.1 Å². The van der Waals surface area contributed by atoms with E-state index in [1.165, 1.54) is 43.5 Å². The van der Waals surface area contributed by atoms with Gasteiger partial charge in [0.1, 0.15) is 5.65 Å². The van der Waals surface area contributed by atoms with E-state index in [0.717, 1.165) is 5.65 Å². The average molecular weight is 307 g/mol. The van der Waals surface area contributed by atoms with Gasteiger partial charge in [-0.3, -0.25) is 4.40 Å². The number of aromatic nitrogens is 3. The molecule has 0 saturated carbocycles. The fourth-order valence-corrected chi connectivity index (χ4v) is 3.98. The molecular weight excluding hydrogens is 294 g/mol. The van der Waals surface area contributed by atoms with Gasteiger partial charge in [-0.25, -0.2) is 4.98 Å². The monoisotopic (exact) mass is 307 g/mol. The van der Waals surface area contributed by atoms with Crippen molar-refractivity contribution in [1.82, 2.24) is 14.4 Å². The molecule has 3 heterocycles. The number of rotatable bonds is 0. The molecule has 0 saturated heterocycles. The normalized spacial score (nSPS) is 12.2. The molecule has 0 aliphatic heterocycles. The van der Waals surface area contributed by atoms with Crippen molar-refractivity contribution in [3.63, 3.8) is 0 Å². The predicted octanol–water partition coefficient (Wildman–Crippen LogP) is 5.28. The Bertz CT molecular complexity index is 1400. The molecule has 3 aromatic heterocycles. The average Bonchev–Trinajstić information content (AvgIpc) is 3.26. The van der Waals surface area contributed by atoms with Crippen molar-refractivity contribution in [3.8, 4) is 0 Å². The number of H-pyrrole nitrogens is 1. The Hall–Kier alpha value is -3.33. The number of aromatic amines is 1. The summed E-state index contributed by atoms with van der Waals surface area (Å²) in [4.78, 5) is 8.24. The van der Waals surface area contributed by atoms with Crippen molar-refractivity contribution in [2.75, 3.05) is 0 Å². The molecule has 0 amide bonds. The summed E-state index contributed by atoms with van der Waals surface area (Å²) in [5.41, 5.74) is 4.55. The standard InChI is InChI=1S/C21H13N3/c1-3-7-17-13(5-1)14-9-10-16-19(20(14)23-17)15-6-2-4-8-18(15)24-12-11-22-21(16)24/h1-12,23H. The summed E-state index contributed by atoms with van der Waals surface area (Å²) < 4.78 is 2.17. The van der Waals surface area contributed by atoms with E-state index >= 15 is 0 Å². The maximum atomic E-state index is 4.61. The molecule has 6 aromatic rings. The van der Waals surface area contributed by atoms with Gasteiger partial charge in [0.25, 0.3) is 0 Å². The van der Waals surface area contributed by atoms with Crippen LogP contribution in [0.15, 0.2) is 73.1 Å². The van der Waals surface area contributed by atoms with Crippen LogP contribution in [0.25, 0.3) is 49.1 Å². The smallest absolute Gasteiger partial charge is 0.145 e. The Balaban J connectivity index is 2.03. The Morgan fingerprint density at radius 3 is 2.50 bits per heavy atom. The summed E-state index contributed by atoms with van der Waals surface area (Å²) in [6.45, 7) is 0. The minimum atomic E-state index is 1.00. The Labute approximate surface area is 137 Å². The number of hydrogen-bond acceptors (Lipinski definition) is 1. The highest BCUT2D eigenvalue weighted by Gasteiger charge is 2.14. The van der Waals surface area contributed by atoms with E-state index in [2.05, 4.69) is 75.0 Å². The molecule has 0 aliphatic carbocycles. The Morgan fingerprint density at radius 1 is 0.750 bits per heavy atom. The van der Waals surface area contributed by atoms with Crippen molar-refractivity contribution in [1.29, 1.82) is 0 Å². The van der Waals surface area contributed by atoms with Gasteiger partial charge in [-0.1, -0.05) is 42.5 Å². The maximum Gasteiger partial charge on any atom is 0.145 e. The van der Waals surface area contributed by atoms with Crippen LogP contribution in [0.1, 0.15) is 0 Å². The van der Waals surface area contributed by atoms with E-state index in [4.69, 9.17) is 0 Å². The van der Waals surface area contributed by atoms with E-state index < -0.39 is 0 Å². The van der Waals surface area contributed by atoms with E-state index in [9.17, 15) is 0 Å². The number of hydrogen-bond donors (Lipinski definition) is 1. The molecule has 1 N–H and O–H groups in total. The number of imidazole rings is 1. The van der Waals surface area contributed by atoms with Gasteiger partial charge in [0, 0.05) is 44.8 Å². The van der Waals surface area contributed by atoms with Gasteiger partial charge in [-0.15, -0.1) is 0 Å². The van der Waals surface area contributed by atoms with Crippen LogP contribution in [-0.2, 0) is 0 Å². The van der Waals surface area contributed by atoms with Gasteiger partial charge in [-0.05, 0) is 18.2 Å². The van der Waals surface area contributed by atoms with Crippen LogP contribution in [0, 0.1) is 0 Å². The fourth-order valence-electron chi connectivity index (χ4n) is 3.98. The summed E-state index contributed by atoms with van der Waals surface area (Å²) >= 11 is 0. The minimum Gasteiger partial charge on any atom is -0.354 e. The lowest BCUT2D eigenvalue weighted by molar-refractivity contribution is 1.27. The highest BCUT2D eigenvalue weighted by atomic mass is 15.0. The first-order valence-electron chi connectivity index (χ1n) is 8.09. The minimum absolute atomic E-state index is 1.00. The third-order valence-electron chi connectivity index (χ3n) is 5.00. The molecule has 112 valence electrons. The predicted molar refractivity (Wildman–Crippen MR) is 99.6 cm³/mol. The van der Waals surface area contributed by atoms with Crippen LogP contribution < -0.4 is 0 Å². The quantitative estimate of drug-likeness (QED) is 0.381. The van der Waals surface area contributed by atoms with E-state index in [-0.39, 0.29) is 0 Å². The zero-order chi connectivity index (χ0) is 15.7. The van der Waals surface area contributed by atoms with Crippen LogP contribution >= 0.6 is 0 Å². The lowest BCUT2D eigenvalue weighted by atomic mass is 10.0. The molecule has 0 radical (unpaired) electrons. The van der Waals surface area contributed by atoms with Crippen LogP contribution in [0.2, 0.25) is 0 Å². The van der Waals surface area contributed by atoms with Crippen molar-refractivity contribution in [2.45, 2.75) is 0 Å². The molecule has 6 rings (SSSR count). The van der Waals surface area contributed by atoms with E-state index in [1.54, 1.807) is 0 Å². The number of nitrogens with one attached hydrogen (secondary N) is 1. The first-order valence-corrected chi connectivity index (χ1v) is 8.09. The van der Waals surface area contributed by atoms with Gasteiger partial charge < -0.3 is 4.98 Å². The molecule has 3 aromatic carbocycles. The molecule has 0 bridgehead atoms. The van der Waals surface area contributed by atoms with Gasteiger partial charge >= 0.3 is 0 Å². The summed E-state index contributed by atoms with van der Waals surface area (Å²) in [5.74, 6) is 0. The number of fused-ring (bicyclic) bond motifs is 10. The highest BCUT2D eigenvalue weighted by molar-refractivity contribution is 6.26. The zero-order valence-corrected chi connectivity index (χ0v) is 12.8. The summed E-state index contributed by atoms with van der Waals surface area (Å²) in [7, 11) is 0. The fraction of sp³-hybridized carbons (Fsp3) is 0. The van der Waals surface area contributed by atoms with Crippen LogP contribution in [0.3, 0.4) is 0 Å². The van der Waals surface area contributed by atoms with Gasteiger partial charge in [0.05, 0.1) is 11.0 Å². The second-order valence-electron chi connectivity index (χ2n) is 6.22. The molecule has 24 heavy (non-hydrogen) atoms. The van der Waals surface area contributed by atoms with Gasteiger partial charge in [0.2, 0.25) is 0 Å². The number of nitrogens with zero attached hydrogens (tertiary/aromatic N) is 2. The number of para-hydroxylation sites is 2. The molecule has 3 nitrogen and oxygen atoms in total. The lowest BCUT2D eigenvalue weighted by Crippen LogP contribution is -1.90. The van der Waals surface area contributed by atoms with Crippen LogP contribution in [0.5, 0.6) is 0 Å². The second-order valence-corrected chi connectivity index (χ2v) is 6.22. The zero-order valence-electron chi connectivity index (χ0n) is 12.8. The van der Waals surface area contributed by atoms with Gasteiger partial charge in [0.15, 0.2) is 0 Å². The molecule has 0 aliphatic rings. The molecule has 3 heteroatoms. The third kappa shape index (κ3) is 1.35. The SMILES string of the molecule is c1ccc2c(c1)[nH]c1c2ccc2c1c1ccccc1n1ccnc21. The lowest BCUT2D eigenvalue weighted by Gasteiger charge is -2.09. The Morgan fingerprint density at radius 2 is 1.54 bits per heavy atom. The van der Waals surface area contributed by atoms with Crippen molar-refractivity contribution in [3.05, 3.63) is 73.1 Å². The summed E-state index contributed by atoms with van der Waals surface area (Å²) in [5, 5.41) is 6.20.